The fourth-order valence-electron chi connectivity index (χ4n) is 2.93. The van der Waals surface area contributed by atoms with Crippen molar-refractivity contribution in [1.29, 1.82) is 0 Å². The third-order valence-corrected chi connectivity index (χ3v) is 4.24. The second-order valence-corrected chi connectivity index (χ2v) is 6.15. The van der Waals surface area contributed by atoms with Gasteiger partial charge in [-0.15, -0.1) is 0 Å². The van der Waals surface area contributed by atoms with Crippen molar-refractivity contribution in [2.24, 2.45) is 0 Å². The van der Waals surface area contributed by atoms with Crippen molar-refractivity contribution in [3.63, 3.8) is 0 Å². The maximum Gasteiger partial charge on any atom is 0.0361 e. The Morgan fingerprint density at radius 1 is 1.37 bits per heavy atom. The van der Waals surface area contributed by atoms with Crippen molar-refractivity contribution >= 4 is 0 Å². The maximum atomic E-state index is 3.50. The van der Waals surface area contributed by atoms with Crippen LogP contribution in [0.4, 0.5) is 0 Å². The average molecular weight is 263 g/mol. The van der Waals surface area contributed by atoms with Crippen LogP contribution in [0.25, 0.3) is 0 Å². The molecular formula is C16H29N3. The first kappa shape index (κ1) is 14.6. The first-order valence-electron chi connectivity index (χ1n) is 7.74. The summed E-state index contributed by atoms with van der Waals surface area (Å²) in [5.41, 5.74) is 1.41. The minimum absolute atomic E-state index is 0.549. The normalized spacial score (nSPS) is 21.2. The monoisotopic (exact) mass is 263 g/mol. The topological polar surface area (TPSA) is 20.2 Å². The number of hydrogen-bond acceptors (Lipinski definition) is 2. The summed E-state index contributed by atoms with van der Waals surface area (Å²) >= 11 is 0. The molecule has 1 aromatic rings. The highest BCUT2D eigenvalue weighted by Crippen LogP contribution is 2.18. The molecule has 1 atom stereocenters. The molecule has 0 saturated carbocycles. The van der Waals surface area contributed by atoms with E-state index in [1.54, 1.807) is 0 Å². The van der Waals surface area contributed by atoms with Crippen molar-refractivity contribution in [2.45, 2.75) is 64.7 Å². The molecule has 0 spiro atoms. The standard InChI is InChI=1S/C16H29N3/c1-14(2)17-13-16-8-6-11-19(16)12-9-15-7-4-5-10-18(15)3/h6,8,11,14-15,17H,4-5,7,9-10,12-13H2,1-3H3. The van der Waals surface area contributed by atoms with Crippen LogP contribution in [0.3, 0.4) is 0 Å². The van der Waals surface area contributed by atoms with Crippen LogP contribution in [0.5, 0.6) is 0 Å². The summed E-state index contributed by atoms with van der Waals surface area (Å²) in [5, 5.41) is 3.50. The quantitative estimate of drug-likeness (QED) is 0.851. The summed E-state index contributed by atoms with van der Waals surface area (Å²) in [4.78, 5) is 2.54. The number of nitrogens with one attached hydrogen (secondary N) is 1. The van der Waals surface area contributed by atoms with Gasteiger partial charge in [0, 0.05) is 37.1 Å². The van der Waals surface area contributed by atoms with Gasteiger partial charge in [-0.05, 0) is 45.0 Å². The first-order valence-corrected chi connectivity index (χ1v) is 7.74. The number of nitrogens with zero attached hydrogens (tertiary/aromatic N) is 2. The Hall–Kier alpha value is -0.800. The average Bonchev–Trinajstić information content (AvgIpc) is 2.83. The Morgan fingerprint density at radius 2 is 2.21 bits per heavy atom. The number of aromatic nitrogens is 1. The Labute approximate surface area is 118 Å². The molecule has 0 aromatic carbocycles. The van der Waals surface area contributed by atoms with Gasteiger partial charge >= 0.3 is 0 Å². The lowest BCUT2D eigenvalue weighted by molar-refractivity contribution is 0.171. The van der Waals surface area contributed by atoms with Gasteiger partial charge in [0.25, 0.3) is 0 Å². The van der Waals surface area contributed by atoms with E-state index in [0.29, 0.717) is 6.04 Å². The molecule has 0 radical (unpaired) electrons. The largest absolute Gasteiger partial charge is 0.350 e. The van der Waals surface area contributed by atoms with E-state index in [9.17, 15) is 0 Å². The molecule has 3 nitrogen and oxygen atoms in total. The number of rotatable bonds is 6. The second kappa shape index (κ2) is 7.11. The van der Waals surface area contributed by atoms with Gasteiger partial charge in [-0.1, -0.05) is 20.3 Å². The molecule has 2 heterocycles. The van der Waals surface area contributed by atoms with Crippen molar-refractivity contribution in [2.75, 3.05) is 13.6 Å². The molecule has 1 aromatic heterocycles. The predicted octanol–water partition coefficient (Wildman–Crippen LogP) is 2.86. The Balaban J connectivity index is 1.83. The van der Waals surface area contributed by atoms with Gasteiger partial charge < -0.3 is 14.8 Å². The fourth-order valence-corrected chi connectivity index (χ4v) is 2.93. The zero-order chi connectivity index (χ0) is 13.7. The molecule has 1 saturated heterocycles. The highest BCUT2D eigenvalue weighted by atomic mass is 15.1. The minimum Gasteiger partial charge on any atom is -0.350 e. The van der Waals surface area contributed by atoms with Gasteiger partial charge in [0.2, 0.25) is 0 Å². The van der Waals surface area contributed by atoms with Gasteiger partial charge in [0.1, 0.15) is 0 Å². The summed E-state index contributed by atoms with van der Waals surface area (Å²) < 4.78 is 2.41. The molecule has 1 N–H and O–H groups in total. The second-order valence-electron chi connectivity index (χ2n) is 6.15. The van der Waals surface area contributed by atoms with Gasteiger partial charge in [-0.2, -0.15) is 0 Å². The van der Waals surface area contributed by atoms with Crippen LogP contribution in [0.1, 0.15) is 45.2 Å². The molecular weight excluding hydrogens is 234 g/mol. The van der Waals surface area contributed by atoms with Crippen molar-refractivity contribution in [1.82, 2.24) is 14.8 Å². The molecule has 1 aliphatic rings. The Bertz CT molecular complexity index is 370. The van der Waals surface area contributed by atoms with Crippen molar-refractivity contribution in [3.05, 3.63) is 24.0 Å². The summed E-state index contributed by atoms with van der Waals surface area (Å²) in [6, 6.07) is 5.73. The molecule has 0 amide bonds. The van der Waals surface area contributed by atoms with E-state index in [2.05, 4.69) is 54.0 Å². The van der Waals surface area contributed by atoms with Crippen LogP contribution in [0.2, 0.25) is 0 Å². The van der Waals surface area contributed by atoms with Crippen LogP contribution < -0.4 is 5.32 Å². The van der Waals surface area contributed by atoms with E-state index in [1.807, 2.05) is 0 Å². The van der Waals surface area contributed by atoms with Crippen LogP contribution in [-0.4, -0.2) is 35.1 Å². The van der Waals surface area contributed by atoms with E-state index in [-0.39, 0.29) is 0 Å². The first-order chi connectivity index (χ1) is 9.16. The third-order valence-electron chi connectivity index (χ3n) is 4.24. The van der Waals surface area contributed by atoms with Crippen LogP contribution in [-0.2, 0) is 13.1 Å². The lowest BCUT2D eigenvalue weighted by atomic mass is 10.0. The molecule has 3 heteroatoms. The van der Waals surface area contributed by atoms with E-state index >= 15 is 0 Å². The van der Waals surface area contributed by atoms with Gasteiger partial charge in [0.05, 0.1) is 0 Å². The van der Waals surface area contributed by atoms with E-state index in [4.69, 9.17) is 0 Å². The Kier molecular flexibility index (Phi) is 5.46. The van der Waals surface area contributed by atoms with Crippen molar-refractivity contribution < 1.29 is 0 Å². The molecule has 1 fully saturated rings. The minimum atomic E-state index is 0.549. The van der Waals surface area contributed by atoms with Gasteiger partial charge in [0.15, 0.2) is 0 Å². The number of hydrogen-bond donors (Lipinski definition) is 1. The predicted molar refractivity (Wildman–Crippen MR) is 81.3 cm³/mol. The van der Waals surface area contributed by atoms with Gasteiger partial charge in [-0.25, -0.2) is 0 Å². The van der Waals surface area contributed by atoms with Crippen molar-refractivity contribution in [3.8, 4) is 0 Å². The summed E-state index contributed by atoms with van der Waals surface area (Å²) in [6.07, 6.45) is 7.65. The molecule has 0 aliphatic carbocycles. The van der Waals surface area contributed by atoms with E-state index in [0.717, 1.165) is 19.1 Å². The van der Waals surface area contributed by atoms with E-state index in [1.165, 1.54) is 37.9 Å². The van der Waals surface area contributed by atoms with Gasteiger partial charge in [-0.3, -0.25) is 0 Å². The number of likely N-dealkylation sites (tertiary alicyclic amines) is 1. The molecule has 1 unspecified atom stereocenters. The fraction of sp³-hybridized carbons (Fsp3) is 0.750. The SMILES string of the molecule is CC(C)NCc1cccn1CCC1CCCCN1C. The third kappa shape index (κ3) is 4.36. The zero-order valence-corrected chi connectivity index (χ0v) is 12.7. The highest BCUT2D eigenvalue weighted by molar-refractivity contribution is 5.07. The summed E-state index contributed by atoms with van der Waals surface area (Å²) in [7, 11) is 2.28. The summed E-state index contributed by atoms with van der Waals surface area (Å²) in [6.45, 7) is 7.80. The number of piperidine rings is 1. The highest BCUT2D eigenvalue weighted by Gasteiger charge is 2.18. The smallest absolute Gasteiger partial charge is 0.0361 e. The lowest BCUT2D eigenvalue weighted by Gasteiger charge is -2.32. The molecule has 108 valence electrons. The maximum absolute atomic E-state index is 3.50. The lowest BCUT2D eigenvalue weighted by Crippen LogP contribution is -2.36. The zero-order valence-electron chi connectivity index (χ0n) is 12.7. The number of aryl methyl sites for hydroxylation is 1. The molecule has 0 bridgehead atoms. The Morgan fingerprint density at radius 3 is 2.95 bits per heavy atom. The van der Waals surface area contributed by atoms with E-state index < -0.39 is 0 Å². The van der Waals surface area contributed by atoms with Crippen LogP contribution >= 0.6 is 0 Å². The van der Waals surface area contributed by atoms with Crippen LogP contribution in [0.15, 0.2) is 18.3 Å². The van der Waals surface area contributed by atoms with Crippen LogP contribution in [0, 0.1) is 0 Å². The molecule has 2 rings (SSSR count). The summed E-state index contributed by atoms with van der Waals surface area (Å²) in [5.74, 6) is 0. The molecule has 1 aliphatic heterocycles. The molecule has 19 heavy (non-hydrogen) atoms.